The molecule has 0 saturated heterocycles. The van der Waals surface area contributed by atoms with Crippen LogP contribution in [0.1, 0.15) is 38.5 Å². The van der Waals surface area contributed by atoms with Gasteiger partial charge in [-0.05, 0) is 25.2 Å². The molecule has 0 spiro atoms. The number of unbranched alkanes of at least 4 members (excludes halogenated alkanes) is 1. The van der Waals surface area contributed by atoms with Gasteiger partial charge in [0, 0.05) is 18.9 Å². The number of ether oxygens (including phenoxy) is 3. The minimum Gasteiger partial charge on any atom is -0.469 e. The number of methoxy groups -OCH3 is 3. The fourth-order valence-electron chi connectivity index (χ4n) is 1.85. The van der Waals surface area contributed by atoms with Gasteiger partial charge in [0.1, 0.15) is 0 Å². The third-order valence-corrected chi connectivity index (χ3v) is 3.08. The molecule has 6 heteroatoms. The van der Waals surface area contributed by atoms with Crippen LogP contribution in [0.2, 0.25) is 0 Å². The van der Waals surface area contributed by atoms with E-state index in [4.69, 9.17) is 0 Å². The molecule has 0 N–H and O–H groups in total. The van der Waals surface area contributed by atoms with Crippen molar-refractivity contribution in [3.05, 3.63) is 12.2 Å². The van der Waals surface area contributed by atoms with Gasteiger partial charge in [-0.15, -0.1) is 0 Å². The van der Waals surface area contributed by atoms with Crippen LogP contribution in [-0.4, -0.2) is 39.2 Å². The second-order valence-corrected chi connectivity index (χ2v) is 4.63. The summed E-state index contributed by atoms with van der Waals surface area (Å²) < 4.78 is 13.7. The van der Waals surface area contributed by atoms with Gasteiger partial charge in [0.15, 0.2) is 0 Å². The van der Waals surface area contributed by atoms with E-state index in [0.29, 0.717) is 25.7 Å². The van der Waals surface area contributed by atoms with Gasteiger partial charge in [0.25, 0.3) is 0 Å². The van der Waals surface area contributed by atoms with Gasteiger partial charge >= 0.3 is 17.9 Å². The average molecular weight is 300 g/mol. The molecule has 6 nitrogen and oxygen atoms in total. The van der Waals surface area contributed by atoms with Crippen molar-refractivity contribution in [2.24, 2.45) is 5.92 Å². The highest BCUT2D eigenvalue weighted by molar-refractivity contribution is 5.81. The molecule has 0 saturated carbocycles. The number of carbonyl (C=O) groups excluding carboxylic acids is 3. The molecule has 0 aliphatic heterocycles. The Labute approximate surface area is 125 Å². The van der Waals surface area contributed by atoms with Crippen LogP contribution in [0.3, 0.4) is 0 Å². The third-order valence-electron chi connectivity index (χ3n) is 3.08. The van der Waals surface area contributed by atoms with E-state index < -0.39 is 5.97 Å². The van der Waals surface area contributed by atoms with Gasteiger partial charge < -0.3 is 14.2 Å². The molecule has 1 unspecified atom stereocenters. The summed E-state index contributed by atoms with van der Waals surface area (Å²) in [7, 11) is 4.02. The van der Waals surface area contributed by atoms with Gasteiger partial charge in [0.05, 0.1) is 21.3 Å². The summed E-state index contributed by atoms with van der Waals surface area (Å²) in [6.07, 6.45) is 6.59. The van der Waals surface area contributed by atoms with Crippen LogP contribution >= 0.6 is 0 Å². The number of rotatable bonds is 10. The molecular formula is C15H24O6. The molecule has 0 rings (SSSR count). The molecule has 0 fully saturated rings. The first-order valence-corrected chi connectivity index (χ1v) is 6.91. The van der Waals surface area contributed by atoms with E-state index >= 15 is 0 Å². The van der Waals surface area contributed by atoms with Crippen LogP contribution in [0.4, 0.5) is 0 Å². The lowest BCUT2D eigenvalue weighted by atomic mass is 9.94. The van der Waals surface area contributed by atoms with Crippen molar-refractivity contribution in [3.8, 4) is 0 Å². The van der Waals surface area contributed by atoms with Crippen LogP contribution in [-0.2, 0) is 28.6 Å². The highest BCUT2D eigenvalue weighted by Gasteiger charge is 2.13. The van der Waals surface area contributed by atoms with E-state index in [1.54, 1.807) is 6.08 Å². The number of hydrogen-bond acceptors (Lipinski definition) is 6. The normalized spacial score (nSPS) is 12.0. The molecule has 0 bridgehead atoms. The van der Waals surface area contributed by atoms with Crippen LogP contribution < -0.4 is 0 Å². The summed E-state index contributed by atoms with van der Waals surface area (Å²) in [6.45, 7) is 0. The van der Waals surface area contributed by atoms with E-state index in [1.165, 1.54) is 27.4 Å². The van der Waals surface area contributed by atoms with Gasteiger partial charge in [-0.1, -0.05) is 12.5 Å². The van der Waals surface area contributed by atoms with E-state index in [0.717, 1.165) is 12.8 Å². The average Bonchev–Trinajstić information content (AvgIpc) is 2.50. The number of carbonyl (C=O) groups is 3. The number of hydrogen-bond donors (Lipinski definition) is 0. The molecule has 0 aliphatic rings. The molecular weight excluding hydrogens is 276 g/mol. The number of allylic oxidation sites excluding steroid dienone is 1. The Bertz CT molecular complexity index is 361. The van der Waals surface area contributed by atoms with Gasteiger partial charge in [-0.25, -0.2) is 4.79 Å². The van der Waals surface area contributed by atoms with Gasteiger partial charge in [0.2, 0.25) is 0 Å². The molecule has 120 valence electrons. The van der Waals surface area contributed by atoms with Crippen molar-refractivity contribution >= 4 is 17.9 Å². The summed E-state index contributed by atoms with van der Waals surface area (Å²) in [5, 5.41) is 0. The SMILES string of the molecule is COC(=O)/C=C/CC(CCCCC(=O)OC)CC(=O)OC. The summed E-state index contributed by atoms with van der Waals surface area (Å²) in [5.41, 5.74) is 0. The Hall–Kier alpha value is -1.85. The standard InChI is InChI=1S/C15H24O6/c1-19-13(16)9-5-4-7-12(11-15(18)21-3)8-6-10-14(17)20-2/h6,10,12H,4-5,7-9,11H2,1-3H3/b10-6+. The largest absolute Gasteiger partial charge is 0.469 e. The molecule has 1 atom stereocenters. The maximum absolute atomic E-state index is 11.4. The molecule has 0 heterocycles. The predicted molar refractivity (Wildman–Crippen MR) is 76.4 cm³/mol. The van der Waals surface area contributed by atoms with Crippen LogP contribution in [0.25, 0.3) is 0 Å². The van der Waals surface area contributed by atoms with E-state index in [-0.39, 0.29) is 17.9 Å². The second kappa shape index (κ2) is 11.9. The van der Waals surface area contributed by atoms with Gasteiger partial charge in [-0.3, -0.25) is 9.59 Å². The minimum absolute atomic E-state index is 0.0796. The first-order valence-electron chi connectivity index (χ1n) is 6.91. The summed E-state index contributed by atoms with van der Waals surface area (Å²) >= 11 is 0. The molecule has 0 amide bonds. The van der Waals surface area contributed by atoms with Crippen molar-refractivity contribution < 1.29 is 28.6 Å². The minimum atomic E-state index is -0.419. The Morgan fingerprint density at radius 2 is 1.62 bits per heavy atom. The smallest absolute Gasteiger partial charge is 0.330 e. The fourth-order valence-corrected chi connectivity index (χ4v) is 1.85. The Morgan fingerprint density at radius 3 is 2.19 bits per heavy atom. The summed E-state index contributed by atoms with van der Waals surface area (Å²) in [6, 6.07) is 0. The number of esters is 3. The fraction of sp³-hybridized carbons (Fsp3) is 0.667. The first kappa shape index (κ1) is 19.1. The second-order valence-electron chi connectivity index (χ2n) is 4.63. The van der Waals surface area contributed by atoms with Crippen molar-refractivity contribution in [3.63, 3.8) is 0 Å². The Kier molecular flexibility index (Phi) is 10.9. The van der Waals surface area contributed by atoms with E-state index in [2.05, 4.69) is 14.2 Å². The van der Waals surface area contributed by atoms with Crippen molar-refractivity contribution in [2.75, 3.05) is 21.3 Å². The zero-order valence-electron chi connectivity index (χ0n) is 12.9. The molecule has 0 aliphatic carbocycles. The van der Waals surface area contributed by atoms with E-state index in [1.807, 2.05) is 0 Å². The lowest BCUT2D eigenvalue weighted by molar-refractivity contribution is -0.142. The van der Waals surface area contributed by atoms with Crippen LogP contribution in [0.5, 0.6) is 0 Å². The highest BCUT2D eigenvalue weighted by atomic mass is 16.5. The van der Waals surface area contributed by atoms with Crippen LogP contribution in [0.15, 0.2) is 12.2 Å². The van der Waals surface area contributed by atoms with Crippen LogP contribution in [0, 0.1) is 5.92 Å². The Balaban J connectivity index is 4.19. The zero-order chi connectivity index (χ0) is 16.1. The van der Waals surface area contributed by atoms with Crippen molar-refractivity contribution in [2.45, 2.75) is 38.5 Å². The molecule has 0 aromatic heterocycles. The quantitative estimate of drug-likeness (QED) is 0.266. The van der Waals surface area contributed by atoms with E-state index in [9.17, 15) is 14.4 Å². The lowest BCUT2D eigenvalue weighted by Crippen LogP contribution is -2.10. The zero-order valence-corrected chi connectivity index (χ0v) is 12.9. The van der Waals surface area contributed by atoms with Crippen molar-refractivity contribution in [1.29, 1.82) is 0 Å². The first-order chi connectivity index (χ1) is 10.0. The maximum Gasteiger partial charge on any atom is 0.330 e. The third kappa shape index (κ3) is 10.6. The summed E-state index contributed by atoms with van der Waals surface area (Å²) in [5.74, 6) is -0.849. The molecule has 21 heavy (non-hydrogen) atoms. The highest BCUT2D eigenvalue weighted by Crippen LogP contribution is 2.19. The topological polar surface area (TPSA) is 78.9 Å². The Morgan fingerprint density at radius 1 is 0.952 bits per heavy atom. The molecule has 0 radical (unpaired) electrons. The molecule has 0 aromatic rings. The maximum atomic E-state index is 11.4. The molecule has 0 aromatic carbocycles. The summed E-state index contributed by atoms with van der Waals surface area (Å²) in [4.78, 5) is 33.3. The van der Waals surface area contributed by atoms with Gasteiger partial charge in [-0.2, -0.15) is 0 Å². The predicted octanol–water partition coefficient (Wildman–Crippen LogP) is 2.02. The lowest BCUT2D eigenvalue weighted by Gasteiger charge is -2.13. The van der Waals surface area contributed by atoms with Crippen molar-refractivity contribution in [1.82, 2.24) is 0 Å². The monoisotopic (exact) mass is 300 g/mol.